The first kappa shape index (κ1) is 12.0. The Morgan fingerprint density at radius 3 is 2.27 bits per heavy atom. The summed E-state index contributed by atoms with van der Waals surface area (Å²) < 4.78 is 0. The van der Waals surface area contributed by atoms with Crippen LogP contribution in [0.5, 0.6) is 0 Å². The average molecular weight is 212 g/mol. The van der Waals surface area contributed by atoms with Crippen molar-refractivity contribution < 1.29 is 9.59 Å². The van der Waals surface area contributed by atoms with Crippen molar-refractivity contribution in [3.8, 4) is 0 Å². The lowest BCUT2D eigenvalue weighted by Crippen LogP contribution is -2.43. The summed E-state index contributed by atoms with van der Waals surface area (Å²) in [5.74, 6) is 0.132. The summed E-state index contributed by atoms with van der Waals surface area (Å²) >= 11 is 0. The number of ketones is 1. The minimum absolute atomic E-state index is 0.0224. The Morgan fingerprint density at radius 1 is 1.33 bits per heavy atom. The van der Waals surface area contributed by atoms with E-state index in [1.807, 2.05) is 20.8 Å². The SMILES string of the molecule is CCC1C(C(=O)C(C)C)N(C)C(=O)N1C. The summed E-state index contributed by atoms with van der Waals surface area (Å²) in [6, 6.07) is -0.300. The Labute approximate surface area is 91.2 Å². The van der Waals surface area contributed by atoms with Gasteiger partial charge in [0.15, 0.2) is 5.78 Å². The number of amides is 2. The molecule has 86 valence electrons. The van der Waals surface area contributed by atoms with Gasteiger partial charge in [-0.05, 0) is 6.42 Å². The molecule has 0 radical (unpaired) electrons. The van der Waals surface area contributed by atoms with Crippen LogP contribution in [-0.2, 0) is 4.79 Å². The molecule has 0 aliphatic carbocycles. The van der Waals surface area contributed by atoms with Gasteiger partial charge in [0.2, 0.25) is 0 Å². The zero-order valence-corrected chi connectivity index (χ0v) is 10.2. The van der Waals surface area contributed by atoms with Crippen molar-refractivity contribution in [2.45, 2.75) is 39.3 Å². The second-order valence-corrected chi connectivity index (χ2v) is 4.48. The van der Waals surface area contributed by atoms with Crippen molar-refractivity contribution in [2.24, 2.45) is 5.92 Å². The van der Waals surface area contributed by atoms with Crippen LogP contribution in [0.4, 0.5) is 4.79 Å². The van der Waals surface area contributed by atoms with E-state index in [0.29, 0.717) is 0 Å². The summed E-state index contributed by atoms with van der Waals surface area (Å²) in [5, 5.41) is 0. The van der Waals surface area contributed by atoms with Crippen LogP contribution >= 0.6 is 0 Å². The molecule has 1 saturated heterocycles. The minimum Gasteiger partial charge on any atom is -0.322 e. The molecule has 1 aliphatic heterocycles. The van der Waals surface area contributed by atoms with Gasteiger partial charge in [-0.15, -0.1) is 0 Å². The molecule has 4 heteroatoms. The van der Waals surface area contributed by atoms with E-state index in [1.165, 1.54) is 0 Å². The molecule has 0 aromatic carbocycles. The first-order valence-electron chi connectivity index (χ1n) is 5.45. The molecular formula is C11H20N2O2. The van der Waals surface area contributed by atoms with Crippen molar-refractivity contribution in [3.05, 3.63) is 0 Å². The number of likely N-dealkylation sites (N-methyl/N-ethyl adjacent to an activating group) is 2. The number of carbonyl (C=O) groups excluding carboxylic acids is 2. The van der Waals surface area contributed by atoms with E-state index < -0.39 is 0 Å². The molecule has 4 nitrogen and oxygen atoms in total. The van der Waals surface area contributed by atoms with Crippen molar-refractivity contribution in [1.82, 2.24) is 9.80 Å². The lowest BCUT2D eigenvalue weighted by atomic mass is 9.94. The summed E-state index contributed by atoms with van der Waals surface area (Å²) in [5.41, 5.74) is 0. The Kier molecular flexibility index (Phi) is 3.37. The third-order valence-electron chi connectivity index (χ3n) is 3.16. The van der Waals surface area contributed by atoms with E-state index in [-0.39, 0.29) is 29.8 Å². The number of carbonyl (C=O) groups is 2. The van der Waals surface area contributed by atoms with E-state index in [2.05, 4.69) is 0 Å². The molecule has 2 atom stereocenters. The summed E-state index contributed by atoms with van der Waals surface area (Å²) in [4.78, 5) is 26.9. The molecule has 1 fully saturated rings. The van der Waals surface area contributed by atoms with Crippen LogP contribution in [0.2, 0.25) is 0 Å². The van der Waals surface area contributed by atoms with Crippen LogP contribution in [0, 0.1) is 5.92 Å². The van der Waals surface area contributed by atoms with Crippen molar-refractivity contribution in [1.29, 1.82) is 0 Å². The number of hydrogen-bond donors (Lipinski definition) is 0. The molecule has 0 aromatic heterocycles. The third kappa shape index (κ3) is 1.85. The highest BCUT2D eigenvalue weighted by molar-refractivity contribution is 5.93. The highest BCUT2D eigenvalue weighted by Crippen LogP contribution is 2.24. The molecule has 0 saturated carbocycles. The molecule has 0 bridgehead atoms. The smallest absolute Gasteiger partial charge is 0.320 e. The highest BCUT2D eigenvalue weighted by Gasteiger charge is 2.44. The van der Waals surface area contributed by atoms with Gasteiger partial charge in [0, 0.05) is 20.0 Å². The minimum atomic E-state index is -0.271. The van der Waals surface area contributed by atoms with Crippen LogP contribution < -0.4 is 0 Å². The number of hydrogen-bond acceptors (Lipinski definition) is 2. The topological polar surface area (TPSA) is 40.6 Å². The maximum Gasteiger partial charge on any atom is 0.320 e. The molecule has 1 aliphatic rings. The van der Waals surface area contributed by atoms with E-state index in [0.717, 1.165) is 6.42 Å². The lowest BCUT2D eigenvalue weighted by molar-refractivity contribution is -0.126. The quantitative estimate of drug-likeness (QED) is 0.708. The molecule has 0 aromatic rings. The van der Waals surface area contributed by atoms with Gasteiger partial charge in [0.25, 0.3) is 0 Å². The Morgan fingerprint density at radius 2 is 1.87 bits per heavy atom. The molecule has 2 unspecified atom stereocenters. The lowest BCUT2D eigenvalue weighted by Gasteiger charge is -2.24. The van der Waals surface area contributed by atoms with E-state index >= 15 is 0 Å². The fourth-order valence-electron chi connectivity index (χ4n) is 2.20. The molecular weight excluding hydrogens is 192 g/mol. The van der Waals surface area contributed by atoms with Crippen molar-refractivity contribution in [2.75, 3.05) is 14.1 Å². The first-order chi connectivity index (χ1) is 6.91. The van der Waals surface area contributed by atoms with Gasteiger partial charge in [-0.1, -0.05) is 20.8 Å². The van der Waals surface area contributed by atoms with Crippen LogP contribution in [0.1, 0.15) is 27.2 Å². The van der Waals surface area contributed by atoms with Gasteiger partial charge < -0.3 is 9.80 Å². The number of nitrogens with zero attached hydrogens (tertiary/aromatic N) is 2. The molecule has 0 N–H and O–H groups in total. The van der Waals surface area contributed by atoms with Gasteiger partial charge in [-0.3, -0.25) is 4.79 Å². The van der Waals surface area contributed by atoms with Gasteiger partial charge >= 0.3 is 6.03 Å². The predicted octanol–water partition coefficient (Wildman–Crippen LogP) is 1.36. The fraction of sp³-hybridized carbons (Fsp3) is 0.818. The molecule has 15 heavy (non-hydrogen) atoms. The second kappa shape index (κ2) is 4.21. The summed E-state index contributed by atoms with van der Waals surface area (Å²) in [7, 11) is 3.47. The van der Waals surface area contributed by atoms with Crippen LogP contribution in [-0.4, -0.2) is 47.8 Å². The Hall–Kier alpha value is -1.06. The largest absolute Gasteiger partial charge is 0.322 e. The Bertz CT molecular complexity index is 276. The Balaban J connectivity index is 2.95. The van der Waals surface area contributed by atoms with E-state index in [4.69, 9.17) is 0 Å². The molecule has 1 heterocycles. The first-order valence-corrected chi connectivity index (χ1v) is 5.45. The maximum atomic E-state index is 12.0. The number of urea groups is 1. The normalized spacial score (nSPS) is 26.7. The van der Waals surface area contributed by atoms with Crippen molar-refractivity contribution >= 4 is 11.8 Å². The monoisotopic (exact) mass is 212 g/mol. The van der Waals surface area contributed by atoms with E-state index in [1.54, 1.807) is 23.9 Å². The summed E-state index contributed by atoms with van der Waals surface area (Å²) in [6.45, 7) is 5.77. The van der Waals surface area contributed by atoms with Gasteiger partial charge in [0.05, 0.1) is 6.04 Å². The second-order valence-electron chi connectivity index (χ2n) is 4.48. The van der Waals surface area contributed by atoms with Gasteiger partial charge in [-0.2, -0.15) is 0 Å². The van der Waals surface area contributed by atoms with Crippen LogP contribution in [0.25, 0.3) is 0 Å². The van der Waals surface area contributed by atoms with Gasteiger partial charge in [-0.25, -0.2) is 4.79 Å². The van der Waals surface area contributed by atoms with E-state index in [9.17, 15) is 9.59 Å². The predicted molar refractivity (Wildman–Crippen MR) is 58.6 cm³/mol. The fourth-order valence-corrected chi connectivity index (χ4v) is 2.20. The number of rotatable bonds is 3. The van der Waals surface area contributed by atoms with Gasteiger partial charge in [0.1, 0.15) is 6.04 Å². The van der Waals surface area contributed by atoms with Crippen LogP contribution in [0.3, 0.4) is 0 Å². The third-order valence-corrected chi connectivity index (χ3v) is 3.16. The maximum absolute atomic E-state index is 12.0. The average Bonchev–Trinajstić information content (AvgIpc) is 2.41. The summed E-state index contributed by atoms with van der Waals surface area (Å²) in [6.07, 6.45) is 0.815. The molecule has 2 amide bonds. The standard InChI is InChI=1S/C11H20N2O2/c1-6-8-9(10(14)7(2)3)13(5)11(15)12(8)4/h7-9H,6H2,1-5H3. The number of Topliss-reactive ketones (excluding diaryl/α,β-unsaturated/α-hetero) is 1. The molecule has 1 rings (SSSR count). The highest BCUT2D eigenvalue weighted by atomic mass is 16.2. The van der Waals surface area contributed by atoms with Crippen molar-refractivity contribution in [3.63, 3.8) is 0 Å². The zero-order valence-electron chi connectivity index (χ0n) is 10.2. The zero-order chi connectivity index (χ0) is 11.7. The molecule has 0 spiro atoms. The van der Waals surface area contributed by atoms with Crippen LogP contribution in [0.15, 0.2) is 0 Å².